The van der Waals surface area contributed by atoms with Crippen LogP contribution in [-0.4, -0.2) is 50.6 Å². The largest absolute Gasteiger partial charge is 0.342 e. The Hall–Kier alpha value is -1.92. The third-order valence-corrected chi connectivity index (χ3v) is 6.35. The number of hydrogen-bond donors (Lipinski definition) is 0. The maximum absolute atomic E-state index is 11.5. The molecule has 1 spiro atoms. The summed E-state index contributed by atoms with van der Waals surface area (Å²) >= 11 is 6.23. The zero-order chi connectivity index (χ0) is 18.1. The number of benzene rings is 1. The summed E-state index contributed by atoms with van der Waals surface area (Å²) in [5.41, 5.74) is 2.67. The molecule has 2 aliphatic heterocycles. The lowest BCUT2D eigenvalue weighted by molar-refractivity contribution is -0.149. The van der Waals surface area contributed by atoms with Crippen LogP contribution in [0.25, 0.3) is 5.69 Å². The third kappa shape index (κ3) is 2.39. The van der Waals surface area contributed by atoms with Crippen molar-refractivity contribution in [1.82, 2.24) is 24.6 Å². The number of carbonyl (C=O) groups is 1. The number of carbonyl (C=O) groups excluding carboxylic acids is 1. The van der Waals surface area contributed by atoms with Gasteiger partial charge in [0, 0.05) is 42.9 Å². The molecular formula is C19H22ClN5O. The minimum Gasteiger partial charge on any atom is -0.342 e. The predicted octanol–water partition coefficient (Wildman–Crippen LogP) is 2.59. The van der Waals surface area contributed by atoms with Crippen LogP contribution in [0.15, 0.2) is 18.2 Å². The zero-order valence-electron chi connectivity index (χ0n) is 15.1. The molecule has 0 atom stereocenters. The fourth-order valence-electron chi connectivity index (χ4n) is 4.86. The molecule has 6 nitrogen and oxygen atoms in total. The quantitative estimate of drug-likeness (QED) is 0.773. The van der Waals surface area contributed by atoms with E-state index in [1.165, 1.54) is 5.56 Å². The molecule has 0 radical (unpaired) electrons. The molecule has 2 fully saturated rings. The number of aromatic nitrogens is 3. The first-order valence-electron chi connectivity index (χ1n) is 9.11. The van der Waals surface area contributed by atoms with Crippen molar-refractivity contribution in [3.8, 4) is 5.69 Å². The monoisotopic (exact) mass is 371 g/mol. The van der Waals surface area contributed by atoms with E-state index in [-0.39, 0.29) is 5.91 Å². The van der Waals surface area contributed by atoms with Gasteiger partial charge < -0.3 is 4.90 Å². The number of amides is 1. The van der Waals surface area contributed by atoms with E-state index in [9.17, 15) is 4.79 Å². The van der Waals surface area contributed by atoms with Gasteiger partial charge in [0.25, 0.3) is 0 Å². The van der Waals surface area contributed by atoms with E-state index in [2.05, 4.69) is 32.8 Å². The molecule has 1 saturated heterocycles. The molecule has 1 aromatic heterocycles. The Bertz CT molecular complexity index is 893. The van der Waals surface area contributed by atoms with E-state index in [1.807, 2.05) is 17.0 Å². The number of fused-ring (bicyclic) bond motifs is 3. The van der Waals surface area contributed by atoms with Crippen molar-refractivity contribution >= 4 is 17.5 Å². The number of hydrogen-bond acceptors (Lipinski definition) is 4. The second-order valence-electron chi connectivity index (χ2n) is 8.24. The fourth-order valence-corrected chi connectivity index (χ4v) is 5.05. The molecule has 136 valence electrons. The second kappa shape index (κ2) is 5.54. The third-order valence-electron chi connectivity index (χ3n) is 6.11. The van der Waals surface area contributed by atoms with Crippen LogP contribution in [0, 0.1) is 5.41 Å². The minimum atomic E-state index is 0.185. The molecule has 0 N–H and O–H groups in total. The number of rotatable bonds is 1. The van der Waals surface area contributed by atoms with Gasteiger partial charge in [0.15, 0.2) is 5.82 Å². The first kappa shape index (κ1) is 16.3. The average molecular weight is 372 g/mol. The van der Waals surface area contributed by atoms with Gasteiger partial charge in [-0.05, 0) is 43.7 Å². The molecule has 5 rings (SSSR count). The van der Waals surface area contributed by atoms with Gasteiger partial charge in [-0.25, -0.2) is 0 Å². The molecule has 3 aliphatic rings. The molecule has 0 unspecified atom stereocenters. The van der Waals surface area contributed by atoms with Crippen molar-refractivity contribution in [2.75, 3.05) is 20.1 Å². The summed E-state index contributed by atoms with van der Waals surface area (Å²) in [6.07, 6.45) is 2.18. The highest BCUT2D eigenvalue weighted by molar-refractivity contribution is 6.30. The molecule has 0 bridgehead atoms. The van der Waals surface area contributed by atoms with Crippen LogP contribution in [0.3, 0.4) is 0 Å². The smallest absolute Gasteiger partial charge is 0.219 e. The molecule has 1 aromatic carbocycles. The van der Waals surface area contributed by atoms with Gasteiger partial charge in [0.2, 0.25) is 5.91 Å². The van der Waals surface area contributed by atoms with Crippen molar-refractivity contribution in [3.63, 3.8) is 0 Å². The topological polar surface area (TPSA) is 54.3 Å². The van der Waals surface area contributed by atoms with Gasteiger partial charge in [0.05, 0.1) is 12.2 Å². The Labute approximate surface area is 157 Å². The first-order valence-corrected chi connectivity index (χ1v) is 9.49. The van der Waals surface area contributed by atoms with E-state index in [0.29, 0.717) is 11.3 Å². The highest BCUT2D eigenvalue weighted by Gasteiger charge is 2.54. The molecule has 7 heteroatoms. The van der Waals surface area contributed by atoms with E-state index < -0.39 is 0 Å². The number of halogens is 1. The Morgan fingerprint density at radius 1 is 1.23 bits per heavy atom. The summed E-state index contributed by atoms with van der Waals surface area (Å²) in [4.78, 5) is 15.7. The molecule has 1 saturated carbocycles. The van der Waals surface area contributed by atoms with E-state index in [1.54, 1.807) is 6.92 Å². The van der Waals surface area contributed by atoms with Gasteiger partial charge in [-0.2, -0.15) is 0 Å². The second-order valence-corrected chi connectivity index (χ2v) is 8.67. The van der Waals surface area contributed by atoms with E-state index >= 15 is 0 Å². The number of likely N-dealkylation sites (tertiary alicyclic amines) is 1. The maximum Gasteiger partial charge on any atom is 0.219 e. The highest BCUT2D eigenvalue weighted by atomic mass is 35.5. The van der Waals surface area contributed by atoms with Crippen LogP contribution in [0.4, 0.5) is 0 Å². The van der Waals surface area contributed by atoms with Gasteiger partial charge in [0.1, 0.15) is 5.82 Å². The average Bonchev–Trinajstić information content (AvgIpc) is 2.81. The van der Waals surface area contributed by atoms with Gasteiger partial charge in [-0.15, -0.1) is 10.2 Å². The van der Waals surface area contributed by atoms with E-state index in [4.69, 9.17) is 11.6 Å². The summed E-state index contributed by atoms with van der Waals surface area (Å²) in [5.74, 6) is 2.65. The number of nitrogens with zero attached hydrogens (tertiary/aromatic N) is 5. The van der Waals surface area contributed by atoms with Crippen molar-refractivity contribution in [2.24, 2.45) is 5.41 Å². The van der Waals surface area contributed by atoms with Crippen LogP contribution in [0.5, 0.6) is 0 Å². The Morgan fingerprint density at radius 2 is 2.00 bits per heavy atom. The lowest BCUT2D eigenvalue weighted by Crippen LogP contribution is -2.62. The highest BCUT2D eigenvalue weighted by Crippen LogP contribution is 2.56. The van der Waals surface area contributed by atoms with Crippen LogP contribution in [0.2, 0.25) is 5.02 Å². The zero-order valence-corrected chi connectivity index (χ0v) is 15.8. The molecule has 1 aliphatic carbocycles. The van der Waals surface area contributed by atoms with Gasteiger partial charge in [-0.1, -0.05) is 11.6 Å². The standard InChI is InChI=1S/C19H22ClN5O/c1-12(26)24-10-19(11-24)6-14(7-19)18-22-21-17-9-23(2)8-13-5-15(20)3-4-16(13)25(17)18/h3-5,14H,6-11H2,1-2H3. The first-order chi connectivity index (χ1) is 12.4. The van der Waals surface area contributed by atoms with Crippen LogP contribution < -0.4 is 0 Å². The predicted molar refractivity (Wildman–Crippen MR) is 98.2 cm³/mol. The van der Waals surface area contributed by atoms with Crippen molar-refractivity contribution in [3.05, 3.63) is 40.4 Å². The normalized spacial score (nSPS) is 21.6. The van der Waals surface area contributed by atoms with Crippen LogP contribution in [-0.2, 0) is 17.9 Å². The summed E-state index contributed by atoms with van der Waals surface area (Å²) < 4.78 is 2.24. The van der Waals surface area contributed by atoms with Gasteiger partial charge >= 0.3 is 0 Å². The Kier molecular flexibility index (Phi) is 3.46. The summed E-state index contributed by atoms with van der Waals surface area (Å²) in [7, 11) is 2.09. The van der Waals surface area contributed by atoms with E-state index in [0.717, 1.165) is 61.4 Å². The van der Waals surface area contributed by atoms with Gasteiger partial charge in [-0.3, -0.25) is 14.3 Å². The lowest BCUT2D eigenvalue weighted by atomic mass is 9.57. The maximum atomic E-state index is 11.5. The Morgan fingerprint density at radius 3 is 2.73 bits per heavy atom. The summed E-state index contributed by atoms with van der Waals surface area (Å²) in [5, 5.41) is 9.83. The summed E-state index contributed by atoms with van der Waals surface area (Å²) in [6.45, 7) is 5.07. The lowest BCUT2D eigenvalue weighted by Gasteiger charge is -2.58. The molecule has 3 heterocycles. The molecule has 26 heavy (non-hydrogen) atoms. The Balaban J connectivity index is 1.46. The van der Waals surface area contributed by atoms with Crippen molar-refractivity contribution < 1.29 is 4.79 Å². The van der Waals surface area contributed by atoms with Crippen molar-refractivity contribution in [2.45, 2.75) is 38.8 Å². The SMILES string of the molecule is CC(=O)N1CC2(CC(c3nnc4n3-c3ccc(Cl)cc3CN(C)C4)C2)C1. The molecule has 1 amide bonds. The molecular weight excluding hydrogens is 350 g/mol. The van der Waals surface area contributed by atoms with Crippen molar-refractivity contribution in [1.29, 1.82) is 0 Å². The fraction of sp³-hybridized carbons (Fsp3) is 0.526. The summed E-state index contributed by atoms with van der Waals surface area (Å²) in [6, 6.07) is 6.08. The minimum absolute atomic E-state index is 0.185. The van der Waals surface area contributed by atoms with Crippen LogP contribution >= 0.6 is 11.6 Å². The van der Waals surface area contributed by atoms with Crippen LogP contribution in [0.1, 0.15) is 42.9 Å². The molecule has 2 aromatic rings.